The maximum atomic E-state index is 12.7. The number of rotatable bonds is 4. The van der Waals surface area contributed by atoms with E-state index < -0.39 is 0 Å². The van der Waals surface area contributed by atoms with Gasteiger partial charge in [-0.2, -0.15) is 0 Å². The van der Waals surface area contributed by atoms with Gasteiger partial charge in [0.1, 0.15) is 0 Å². The summed E-state index contributed by atoms with van der Waals surface area (Å²) in [6.07, 6.45) is 1.79. The number of ketones is 1. The summed E-state index contributed by atoms with van der Waals surface area (Å²) < 4.78 is 0. The third kappa shape index (κ3) is 3.75. The molecule has 0 aliphatic carbocycles. The van der Waals surface area contributed by atoms with Crippen molar-refractivity contribution in [2.45, 2.75) is 0 Å². The maximum absolute atomic E-state index is 12.7. The molecule has 4 rings (SSSR count). The number of piperazine rings is 1. The molecule has 138 valence electrons. The molecule has 1 amide bonds. The van der Waals surface area contributed by atoms with Crippen LogP contribution < -0.4 is 0 Å². The Bertz CT molecular complexity index is 973. The van der Waals surface area contributed by atoms with Gasteiger partial charge < -0.3 is 9.88 Å². The number of nitrogens with zero attached hydrogens (tertiary/aromatic N) is 2. The first-order valence-electron chi connectivity index (χ1n) is 8.98. The zero-order chi connectivity index (χ0) is 18.8. The van der Waals surface area contributed by atoms with Crippen molar-refractivity contribution in [3.05, 3.63) is 70.9 Å². The molecule has 1 aromatic heterocycles. The lowest BCUT2D eigenvalue weighted by atomic mass is 10.1. The molecule has 0 saturated carbocycles. The fourth-order valence-corrected chi connectivity index (χ4v) is 3.60. The first-order chi connectivity index (χ1) is 13.1. The maximum Gasteiger partial charge on any atom is 0.253 e. The lowest BCUT2D eigenvalue weighted by molar-refractivity contribution is 0.0624. The average molecular weight is 382 g/mol. The highest BCUT2D eigenvalue weighted by atomic mass is 35.5. The summed E-state index contributed by atoms with van der Waals surface area (Å²) in [5, 5.41) is 1.58. The van der Waals surface area contributed by atoms with Crippen LogP contribution in [0.2, 0.25) is 5.02 Å². The lowest BCUT2D eigenvalue weighted by Crippen LogP contribution is -2.49. The van der Waals surface area contributed by atoms with Crippen LogP contribution in [0, 0.1) is 0 Å². The largest absolute Gasteiger partial charge is 0.360 e. The van der Waals surface area contributed by atoms with E-state index >= 15 is 0 Å². The molecular weight excluding hydrogens is 362 g/mol. The van der Waals surface area contributed by atoms with Crippen LogP contribution in [0.5, 0.6) is 0 Å². The Morgan fingerprint density at radius 1 is 0.963 bits per heavy atom. The van der Waals surface area contributed by atoms with Gasteiger partial charge in [0.25, 0.3) is 5.91 Å². The summed E-state index contributed by atoms with van der Waals surface area (Å²) in [6.45, 7) is 2.97. The van der Waals surface area contributed by atoms with Crippen molar-refractivity contribution in [3.8, 4) is 0 Å². The molecule has 6 heteroatoms. The number of benzene rings is 2. The molecule has 1 saturated heterocycles. The molecule has 1 N–H and O–H groups in total. The minimum atomic E-state index is 0.00859. The van der Waals surface area contributed by atoms with E-state index in [2.05, 4.69) is 9.88 Å². The van der Waals surface area contributed by atoms with Crippen LogP contribution >= 0.6 is 11.6 Å². The van der Waals surface area contributed by atoms with Gasteiger partial charge in [0.05, 0.1) is 6.54 Å². The molecule has 0 spiro atoms. The SMILES string of the molecule is O=C(CN1CCN(C(=O)c2ccc(Cl)cc2)CC1)c1c[nH]c2ccccc12. The normalized spacial score (nSPS) is 15.2. The first-order valence-corrected chi connectivity index (χ1v) is 9.36. The number of aromatic nitrogens is 1. The summed E-state index contributed by atoms with van der Waals surface area (Å²) in [5.41, 5.74) is 2.34. The minimum absolute atomic E-state index is 0.00859. The van der Waals surface area contributed by atoms with Crippen molar-refractivity contribution in [2.75, 3.05) is 32.7 Å². The van der Waals surface area contributed by atoms with Crippen molar-refractivity contribution in [2.24, 2.45) is 0 Å². The summed E-state index contributed by atoms with van der Waals surface area (Å²) >= 11 is 5.88. The second-order valence-electron chi connectivity index (χ2n) is 6.75. The molecule has 2 heterocycles. The van der Waals surface area contributed by atoms with Crippen LogP contribution in [-0.4, -0.2) is 59.2 Å². The van der Waals surface area contributed by atoms with Gasteiger partial charge in [-0.1, -0.05) is 29.8 Å². The van der Waals surface area contributed by atoms with Crippen LogP contribution in [0.15, 0.2) is 54.7 Å². The first kappa shape index (κ1) is 17.8. The Hall–Kier alpha value is -2.63. The quantitative estimate of drug-likeness (QED) is 0.704. The molecule has 1 aliphatic rings. The molecule has 5 nitrogen and oxygen atoms in total. The highest BCUT2D eigenvalue weighted by molar-refractivity contribution is 6.30. The number of hydrogen-bond donors (Lipinski definition) is 1. The molecule has 1 aliphatic heterocycles. The van der Waals surface area contributed by atoms with Crippen molar-refractivity contribution in [3.63, 3.8) is 0 Å². The Morgan fingerprint density at radius 3 is 2.41 bits per heavy atom. The zero-order valence-electron chi connectivity index (χ0n) is 14.8. The Morgan fingerprint density at radius 2 is 1.67 bits per heavy atom. The molecule has 0 atom stereocenters. The lowest BCUT2D eigenvalue weighted by Gasteiger charge is -2.34. The molecule has 2 aromatic carbocycles. The average Bonchev–Trinajstić information content (AvgIpc) is 3.13. The predicted molar refractivity (Wildman–Crippen MR) is 106 cm³/mol. The smallest absolute Gasteiger partial charge is 0.253 e. The van der Waals surface area contributed by atoms with Gasteiger partial charge in [-0.25, -0.2) is 0 Å². The third-order valence-corrected chi connectivity index (χ3v) is 5.26. The molecule has 27 heavy (non-hydrogen) atoms. The number of para-hydroxylation sites is 1. The second-order valence-corrected chi connectivity index (χ2v) is 7.18. The summed E-state index contributed by atoms with van der Waals surface area (Å²) in [7, 11) is 0. The highest BCUT2D eigenvalue weighted by Crippen LogP contribution is 2.19. The number of halogens is 1. The molecule has 0 radical (unpaired) electrons. The number of nitrogens with one attached hydrogen (secondary N) is 1. The monoisotopic (exact) mass is 381 g/mol. The molecule has 1 fully saturated rings. The van der Waals surface area contributed by atoms with E-state index in [1.807, 2.05) is 29.2 Å². The van der Waals surface area contributed by atoms with Gasteiger partial charge in [0.2, 0.25) is 0 Å². The second kappa shape index (κ2) is 7.55. The third-order valence-electron chi connectivity index (χ3n) is 5.01. The van der Waals surface area contributed by atoms with E-state index in [4.69, 9.17) is 11.6 Å². The molecule has 0 unspecified atom stereocenters. The van der Waals surface area contributed by atoms with Gasteiger partial charge in [-0.05, 0) is 30.3 Å². The summed E-state index contributed by atoms with van der Waals surface area (Å²) in [5.74, 6) is 0.110. The van der Waals surface area contributed by atoms with Gasteiger partial charge >= 0.3 is 0 Å². The molecular formula is C21H20ClN3O2. The fraction of sp³-hybridized carbons (Fsp3) is 0.238. The van der Waals surface area contributed by atoms with E-state index in [1.165, 1.54) is 0 Å². The topological polar surface area (TPSA) is 56.4 Å². The number of amides is 1. The highest BCUT2D eigenvalue weighted by Gasteiger charge is 2.24. The zero-order valence-corrected chi connectivity index (χ0v) is 15.6. The number of H-pyrrole nitrogens is 1. The Labute approximate surface area is 162 Å². The van der Waals surface area contributed by atoms with Crippen molar-refractivity contribution in [1.29, 1.82) is 0 Å². The predicted octanol–water partition coefficient (Wildman–Crippen LogP) is 3.46. The minimum Gasteiger partial charge on any atom is -0.360 e. The van der Waals surface area contributed by atoms with Crippen LogP contribution in [0.4, 0.5) is 0 Å². The van der Waals surface area contributed by atoms with E-state index in [1.54, 1.807) is 30.5 Å². The van der Waals surface area contributed by atoms with Crippen LogP contribution in [-0.2, 0) is 0 Å². The number of hydrogen-bond acceptors (Lipinski definition) is 3. The van der Waals surface area contributed by atoms with Gasteiger partial charge in [-0.15, -0.1) is 0 Å². The van der Waals surface area contributed by atoms with Gasteiger partial charge in [-0.3, -0.25) is 14.5 Å². The number of aromatic amines is 1. The number of carbonyl (C=O) groups is 2. The van der Waals surface area contributed by atoms with Crippen LogP contribution in [0.1, 0.15) is 20.7 Å². The number of fused-ring (bicyclic) bond motifs is 1. The standard InChI is InChI=1S/C21H20ClN3O2/c22-16-7-5-15(6-8-16)21(27)25-11-9-24(10-12-25)14-20(26)18-13-23-19-4-2-1-3-17(18)19/h1-8,13,23H,9-12,14H2. The number of Topliss-reactive ketones (excluding diaryl/α,β-unsaturated/α-hetero) is 1. The number of carbonyl (C=O) groups excluding carboxylic acids is 2. The van der Waals surface area contributed by atoms with Gasteiger partial charge in [0, 0.05) is 59.4 Å². The van der Waals surface area contributed by atoms with E-state index in [-0.39, 0.29) is 11.7 Å². The van der Waals surface area contributed by atoms with Crippen LogP contribution in [0.3, 0.4) is 0 Å². The summed E-state index contributed by atoms with van der Waals surface area (Å²) in [4.78, 5) is 32.4. The van der Waals surface area contributed by atoms with Gasteiger partial charge in [0.15, 0.2) is 5.78 Å². The van der Waals surface area contributed by atoms with Crippen LogP contribution in [0.25, 0.3) is 10.9 Å². The van der Waals surface area contributed by atoms with E-state index in [0.717, 1.165) is 16.5 Å². The van der Waals surface area contributed by atoms with E-state index in [9.17, 15) is 9.59 Å². The van der Waals surface area contributed by atoms with Crippen molar-refractivity contribution >= 4 is 34.2 Å². The van der Waals surface area contributed by atoms with Crippen molar-refractivity contribution in [1.82, 2.24) is 14.8 Å². The van der Waals surface area contributed by atoms with E-state index in [0.29, 0.717) is 43.3 Å². The Kier molecular flexibility index (Phi) is 4.97. The molecule has 0 bridgehead atoms. The molecule has 3 aromatic rings. The summed E-state index contributed by atoms with van der Waals surface area (Å²) in [6, 6.07) is 14.8. The van der Waals surface area contributed by atoms with Crippen molar-refractivity contribution < 1.29 is 9.59 Å². The Balaban J connectivity index is 1.36. The fourth-order valence-electron chi connectivity index (χ4n) is 3.47.